The summed E-state index contributed by atoms with van der Waals surface area (Å²) in [6, 6.07) is 3.75. The molecule has 1 unspecified atom stereocenters. The van der Waals surface area contributed by atoms with Gasteiger partial charge in [0.25, 0.3) is 5.91 Å². The van der Waals surface area contributed by atoms with Gasteiger partial charge in [-0.25, -0.2) is 4.39 Å². The molecule has 2 heterocycles. The summed E-state index contributed by atoms with van der Waals surface area (Å²) >= 11 is 0. The van der Waals surface area contributed by atoms with Gasteiger partial charge in [-0.3, -0.25) is 9.59 Å². The van der Waals surface area contributed by atoms with Crippen molar-refractivity contribution in [3.05, 3.63) is 29.6 Å². The van der Waals surface area contributed by atoms with Gasteiger partial charge < -0.3 is 19.5 Å². The van der Waals surface area contributed by atoms with Crippen LogP contribution in [0, 0.1) is 17.2 Å². The van der Waals surface area contributed by atoms with E-state index in [1.54, 1.807) is 0 Å². The molecule has 0 aromatic heterocycles. The van der Waals surface area contributed by atoms with Gasteiger partial charge in [-0.05, 0) is 31.0 Å². The van der Waals surface area contributed by atoms with Gasteiger partial charge in [0.05, 0.1) is 18.6 Å². The maximum Gasteiger partial charge on any atom is 0.308 e. The third-order valence-corrected chi connectivity index (χ3v) is 5.11. The van der Waals surface area contributed by atoms with Crippen molar-refractivity contribution >= 4 is 11.9 Å². The van der Waals surface area contributed by atoms with E-state index in [-0.39, 0.29) is 17.9 Å². The maximum atomic E-state index is 13.5. The highest BCUT2D eigenvalue weighted by Crippen LogP contribution is 2.45. The van der Waals surface area contributed by atoms with E-state index in [2.05, 4.69) is 0 Å². The van der Waals surface area contributed by atoms with Crippen molar-refractivity contribution in [2.45, 2.75) is 12.8 Å². The molecule has 2 aliphatic heterocycles. The summed E-state index contributed by atoms with van der Waals surface area (Å²) in [7, 11) is 1.41. The third-order valence-electron chi connectivity index (χ3n) is 5.11. The quantitative estimate of drug-likeness (QED) is 0.910. The van der Waals surface area contributed by atoms with Gasteiger partial charge in [-0.1, -0.05) is 0 Å². The van der Waals surface area contributed by atoms with E-state index >= 15 is 0 Å². The minimum absolute atomic E-state index is 0.116. The number of benzene rings is 1. The monoisotopic (exact) mass is 337 g/mol. The van der Waals surface area contributed by atoms with Gasteiger partial charge in [0.1, 0.15) is 11.6 Å². The number of hydrogen-bond acceptors (Lipinski definition) is 4. The van der Waals surface area contributed by atoms with E-state index in [0.717, 1.165) is 6.07 Å². The maximum absolute atomic E-state index is 13.5. The highest BCUT2D eigenvalue weighted by Gasteiger charge is 2.52. The fraction of sp³-hybridized carbons (Fsp3) is 0.529. The van der Waals surface area contributed by atoms with Crippen molar-refractivity contribution in [3.8, 4) is 5.75 Å². The number of carboxylic acid groups (broad SMARTS) is 1. The normalized spacial score (nSPS) is 22.6. The predicted octanol–water partition coefficient (Wildman–Crippen LogP) is 1.79. The Bertz CT molecular complexity index is 656. The van der Waals surface area contributed by atoms with Crippen LogP contribution >= 0.6 is 0 Å². The molecule has 6 nitrogen and oxygen atoms in total. The molecule has 2 saturated heterocycles. The predicted molar refractivity (Wildman–Crippen MR) is 82.5 cm³/mol. The van der Waals surface area contributed by atoms with Crippen molar-refractivity contribution in [3.63, 3.8) is 0 Å². The highest BCUT2D eigenvalue weighted by molar-refractivity contribution is 5.97. The number of carboxylic acids is 1. The second-order valence-electron chi connectivity index (χ2n) is 6.40. The lowest BCUT2D eigenvalue weighted by atomic mass is 9.72. The molecule has 7 heteroatoms. The Balaban J connectivity index is 1.89. The summed E-state index contributed by atoms with van der Waals surface area (Å²) in [6.07, 6.45) is 1.21. The Kier molecular flexibility index (Phi) is 4.45. The number of ether oxygens (including phenoxy) is 2. The fourth-order valence-electron chi connectivity index (χ4n) is 3.77. The number of likely N-dealkylation sites (tertiary alicyclic amines) is 1. The molecule has 3 rings (SSSR count). The third kappa shape index (κ3) is 2.84. The molecule has 1 amide bonds. The van der Waals surface area contributed by atoms with Crippen LogP contribution in [0.25, 0.3) is 0 Å². The first-order valence-corrected chi connectivity index (χ1v) is 7.90. The molecule has 130 valence electrons. The second kappa shape index (κ2) is 6.39. The summed E-state index contributed by atoms with van der Waals surface area (Å²) in [6.45, 7) is 1.45. The van der Waals surface area contributed by atoms with Crippen LogP contribution in [0.1, 0.15) is 23.2 Å². The number of hydrogen-bond donors (Lipinski definition) is 1. The van der Waals surface area contributed by atoms with Crippen molar-refractivity contribution in [2.75, 3.05) is 33.4 Å². The van der Waals surface area contributed by atoms with E-state index in [1.807, 2.05) is 0 Å². The highest BCUT2D eigenvalue weighted by atomic mass is 19.1. The number of aliphatic carboxylic acids is 1. The Hall–Kier alpha value is -2.15. The smallest absolute Gasteiger partial charge is 0.308 e. The molecule has 1 spiro atoms. The summed E-state index contributed by atoms with van der Waals surface area (Å²) in [5, 5.41) is 9.58. The molecule has 1 N–H and O–H groups in total. The average Bonchev–Trinajstić information content (AvgIpc) is 2.94. The van der Waals surface area contributed by atoms with E-state index < -0.39 is 29.0 Å². The Morgan fingerprint density at radius 1 is 1.38 bits per heavy atom. The summed E-state index contributed by atoms with van der Waals surface area (Å²) in [5.74, 6) is -2.20. The number of methoxy groups -OCH3 is 1. The molecular weight excluding hydrogens is 317 g/mol. The molecule has 2 fully saturated rings. The van der Waals surface area contributed by atoms with Crippen molar-refractivity contribution < 1.29 is 28.6 Å². The minimum atomic E-state index is -0.904. The number of carbonyl (C=O) groups is 2. The summed E-state index contributed by atoms with van der Waals surface area (Å²) in [5.41, 5.74) is -0.355. The first-order chi connectivity index (χ1) is 11.5. The molecule has 24 heavy (non-hydrogen) atoms. The molecule has 2 aliphatic rings. The molecule has 1 aromatic carbocycles. The number of rotatable bonds is 3. The zero-order valence-corrected chi connectivity index (χ0v) is 13.5. The number of amides is 1. The fourth-order valence-corrected chi connectivity index (χ4v) is 3.77. The zero-order valence-electron chi connectivity index (χ0n) is 13.5. The average molecular weight is 337 g/mol. The Morgan fingerprint density at radius 3 is 2.71 bits per heavy atom. The van der Waals surface area contributed by atoms with E-state index in [9.17, 15) is 19.1 Å². The van der Waals surface area contributed by atoms with Crippen molar-refractivity contribution in [1.82, 2.24) is 4.90 Å². The van der Waals surface area contributed by atoms with Crippen LogP contribution in [0.2, 0.25) is 0 Å². The lowest BCUT2D eigenvalue weighted by Crippen LogP contribution is -2.40. The van der Waals surface area contributed by atoms with Crippen LogP contribution in [0.4, 0.5) is 4.39 Å². The van der Waals surface area contributed by atoms with Gasteiger partial charge >= 0.3 is 5.97 Å². The van der Waals surface area contributed by atoms with E-state index in [1.165, 1.54) is 24.1 Å². The van der Waals surface area contributed by atoms with Crippen molar-refractivity contribution in [2.24, 2.45) is 11.3 Å². The molecule has 0 saturated carbocycles. The molecule has 0 bridgehead atoms. The minimum Gasteiger partial charge on any atom is -0.496 e. The molecule has 0 aliphatic carbocycles. The van der Waals surface area contributed by atoms with Crippen molar-refractivity contribution in [1.29, 1.82) is 0 Å². The van der Waals surface area contributed by atoms with E-state index in [0.29, 0.717) is 32.6 Å². The van der Waals surface area contributed by atoms with Gasteiger partial charge in [0, 0.05) is 31.7 Å². The number of halogens is 1. The van der Waals surface area contributed by atoms with E-state index in [4.69, 9.17) is 9.47 Å². The molecule has 1 atom stereocenters. The second-order valence-corrected chi connectivity index (χ2v) is 6.40. The van der Waals surface area contributed by atoms with Gasteiger partial charge in [0.2, 0.25) is 0 Å². The SMILES string of the molecule is COc1ccc(F)cc1C(=O)N1CC(C(=O)O)C2(CCOCC2)C1. The van der Waals surface area contributed by atoms with Gasteiger partial charge in [0.15, 0.2) is 0 Å². The Morgan fingerprint density at radius 2 is 2.08 bits per heavy atom. The summed E-state index contributed by atoms with van der Waals surface area (Å²) < 4.78 is 24.0. The van der Waals surface area contributed by atoms with Crippen LogP contribution in [0.3, 0.4) is 0 Å². The lowest BCUT2D eigenvalue weighted by molar-refractivity contribution is -0.146. The first kappa shape index (κ1) is 16.7. The molecule has 0 radical (unpaired) electrons. The summed E-state index contributed by atoms with van der Waals surface area (Å²) in [4.78, 5) is 26.0. The molecule has 1 aromatic rings. The molecular formula is C17H20FNO5. The number of carbonyl (C=O) groups excluding carboxylic acids is 1. The van der Waals surface area contributed by atoms with Gasteiger partial charge in [-0.15, -0.1) is 0 Å². The lowest BCUT2D eigenvalue weighted by Gasteiger charge is -2.36. The van der Waals surface area contributed by atoms with Crippen LogP contribution in [-0.2, 0) is 9.53 Å². The largest absolute Gasteiger partial charge is 0.496 e. The van der Waals surface area contributed by atoms with Gasteiger partial charge in [-0.2, -0.15) is 0 Å². The van der Waals surface area contributed by atoms with Crippen LogP contribution < -0.4 is 4.74 Å². The van der Waals surface area contributed by atoms with Crippen LogP contribution in [0.5, 0.6) is 5.75 Å². The zero-order chi connectivity index (χ0) is 17.3. The van der Waals surface area contributed by atoms with Crippen LogP contribution in [-0.4, -0.2) is 55.3 Å². The van der Waals surface area contributed by atoms with Crippen LogP contribution in [0.15, 0.2) is 18.2 Å². The standard InChI is InChI=1S/C17H20FNO5/c1-23-14-3-2-11(18)8-12(14)15(20)19-9-13(16(21)22)17(10-19)4-6-24-7-5-17/h2-3,8,13H,4-7,9-10H2,1H3,(H,21,22). The topological polar surface area (TPSA) is 76.1 Å². The Labute approximate surface area is 139 Å². The number of nitrogens with zero attached hydrogens (tertiary/aromatic N) is 1. The first-order valence-electron chi connectivity index (χ1n) is 7.90.